The summed E-state index contributed by atoms with van der Waals surface area (Å²) in [5.41, 5.74) is 3.33. The predicted octanol–water partition coefficient (Wildman–Crippen LogP) is 4.32. The highest BCUT2D eigenvalue weighted by molar-refractivity contribution is 6.05. The quantitative estimate of drug-likeness (QED) is 0.553. The van der Waals surface area contributed by atoms with Crippen LogP contribution in [0, 0.1) is 13.8 Å². The molecule has 7 nitrogen and oxygen atoms in total. The smallest absolute Gasteiger partial charge is 0.255 e. The van der Waals surface area contributed by atoms with Crippen molar-refractivity contribution in [3.8, 4) is 17.4 Å². The lowest BCUT2D eigenvalue weighted by Gasteiger charge is -2.10. The van der Waals surface area contributed by atoms with Crippen LogP contribution in [0.1, 0.15) is 21.5 Å². The number of aryl methyl sites for hydroxylation is 2. The maximum absolute atomic E-state index is 12.5. The average molecular weight is 385 g/mol. The third kappa shape index (κ3) is 4.30. The number of carbonyl (C=O) groups is 1. The SMILES string of the molecule is Cc1ccc(C)c(C(=O)Nc2ccc(Oc3ccc(-n4cccn4)nn3)cc2)c1. The van der Waals surface area contributed by atoms with Crippen LogP contribution in [0.3, 0.4) is 0 Å². The van der Waals surface area contributed by atoms with E-state index in [9.17, 15) is 4.79 Å². The van der Waals surface area contributed by atoms with Gasteiger partial charge in [0.2, 0.25) is 5.88 Å². The van der Waals surface area contributed by atoms with Gasteiger partial charge >= 0.3 is 0 Å². The summed E-state index contributed by atoms with van der Waals surface area (Å²) >= 11 is 0. The van der Waals surface area contributed by atoms with E-state index in [4.69, 9.17) is 4.74 Å². The maximum Gasteiger partial charge on any atom is 0.255 e. The van der Waals surface area contributed by atoms with E-state index in [-0.39, 0.29) is 5.91 Å². The molecule has 1 N–H and O–H groups in total. The molecule has 2 aromatic heterocycles. The highest BCUT2D eigenvalue weighted by Crippen LogP contribution is 2.22. The summed E-state index contributed by atoms with van der Waals surface area (Å²) in [5, 5.41) is 15.2. The van der Waals surface area contributed by atoms with Crippen molar-refractivity contribution in [1.82, 2.24) is 20.0 Å². The van der Waals surface area contributed by atoms with Crippen molar-refractivity contribution in [1.29, 1.82) is 0 Å². The van der Waals surface area contributed by atoms with Gasteiger partial charge in [0.25, 0.3) is 5.91 Å². The van der Waals surface area contributed by atoms with Gasteiger partial charge in [-0.3, -0.25) is 4.79 Å². The molecule has 0 saturated heterocycles. The van der Waals surface area contributed by atoms with Gasteiger partial charge in [0.15, 0.2) is 5.82 Å². The van der Waals surface area contributed by atoms with Crippen molar-refractivity contribution in [3.63, 3.8) is 0 Å². The maximum atomic E-state index is 12.5. The summed E-state index contributed by atoms with van der Waals surface area (Å²) in [4.78, 5) is 12.5. The molecule has 0 aliphatic rings. The molecule has 0 spiro atoms. The number of ether oxygens (including phenoxy) is 1. The molecule has 0 fully saturated rings. The van der Waals surface area contributed by atoms with Gasteiger partial charge in [-0.1, -0.05) is 17.7 Å². The first-order valence-corrected chi connectivity index (χ1v) is 9.09. The second-order valence-corrected chi connectivity index (χ2v) is 6.58. The molecular formula is C22H19N5O2. The zero-order chi connectivity index (χ0) is 20.2. The Hall–Kier alpha value is -4.00. The van der Waals surface area contributed by atoms with E-state index in [0.717, 1.165) is 11.1 Å². The lowest BCUT2D eigenvalue weighted by molar-refractivity contribution is 0.102. The second kappa shape index (κ2) is 7.93. The van der Waals surface area contributed by atoms with Gasteiger partial charge in [0, 0.05) is 29.7 Å². The molecule has 144 valence electrons. The number of hydrogen-bond acceptors (Lipinski definition) is 5. The van der Waals surface area contributed by atoms with Crippen LogP contribution in [0.15, 0.2) is 73.1 Å². The van der Waals surface area contributed by atoms with E-state index in [1.807, 2.05) is 38.1 Å². The lowest BCUT2D eigenvalue weighted by Crippen LogP contribution is -2.13. The van der Waals surface area contributed by atoms with Gasteiger partial charge in [-0.05, 0) is 61.9 Å². The number of amides is 1. The monoisotopic (exact) mass is 385 g/mol. The molecule has 2 aromatic carbocycles. The molecule has 2 heterocycles. The minimum absolute atomic E-state index is 0.139. The number of aromatic nitrogens is 4. The third-order valence-electron chi connectivity index (χ3n) is 4.34. The van der Waals surface area contributed by atoms with Crippen LogP contribution >= 0.6 is 0 Å². The summed E-state index contributed by atoms with van der Waals surface area (Å²) in [6.07, 6.45) is 3.46. The average Bonchev–Trinajstić information content (AvgIpc) is 3.27. The van der Waals surface area contributed by atoms with Gasteiger partial charge < -0.3 is 10.1 Å². The Bertz CT molecular complexity index is 1120. The first-order valence-electron chi connectivity index (χ1n) is 9.09. The van der Waals surface area contributed by atoms with Crippen molar-refractivity contribution >= 4 is 11.6 Å². The number of benzene rings is 2. The van der Waals surface area contributed by atoms with Crippen molar-refractivity contribution in [2.45, 2.75) is 13.8 Å². The van der Waals surface area contributed by atoms with E-state index in [2.05, 4.69) is 20.6 Å². The first-order chi connectivity index (χ1) is 14.1. The Labute approximate surface area is 168 Å². The molecule has 0 atom stereocenters. The lowest BCUT2D eigenvalue weighted by atomic mass is 10.1. The Kier molecular flexibility index (Phi) is 5.03. The Morgan fingerprint density at radius 1 is 1.00 bits per heavy atom. The van der Waals surface area contributed by atoms with Crippen molar-refractivity contribution in [2.24, 2.45) is 0 Å². The third-order valence-corrected chi connectivity index (χ3v) is 4.34. The fraction of sp³-hybridized carbons (Fsp3) is 0.0909. The van der Waals surface area contributed by atoms with E-state index < -0.39 is 0 Å². The van der Waals surface area contributed by atoms with Crippen LogP contribution in [0.2, 0.25) is 0 Å². The van der Waals surface area contributed by atoms with Crippen LogP contribution in [-0.2, 0) is 0 Å². The van der Waals surface area contributed by atoms with Crippen molar-refractivity contribution < 1.29 is 9.53 Å². The van der Waals surface area contributed by atoms with Gasteiger partial charge in [-0.15, -0.1) is 10.2 Å². The topological polar surface area (TPSA) is 81.9 Å². The van der Waals surface area contributed by atoms with Crippen LogP contribution in [0.25, 0.3) is 5.82 Å². The molecule has 0 unspecified atom stereocenters. The predicted molar refractivity (Wildman–Crippen MR) is 110 cm³/mol. The molecule has 7 heteroatoms. The standard InChI is InChI=1S/C22H19N5O2/c1-15-4-5-16(2)19(14-15)22(28)24-17-6-8-18(9-7-17)29-21-11-10-20(25-26-21)27-13-3-12-23-27/h3-14H,1-2H3,(H,24,28). The van der Waals surface area contributed by atoms with Gasteiger partial charge in [0.1, 0.15) is 5.75 Å². The Morgan fingerprint density at radius 3 is 2.52 bits per heavy atom. The molecular weight excluding hydrogens is 366 g/mol. The normalized spacial score (nSPS) is 10.6. The molecule has 0 radical (unpaired) electrons. The molecule has 1 amide bonds. The summed E-state index contributed by atoms with van der Waals surface area (Å²) in [6.45, 7) is 3.89. The Morgan fingerprint density at radius 2 is 1.83 bits per heavy atom. The molecule has 0 aliphatic heterocycles. The largest absolute Gasteiger partial charge is 0.438 e. The molecule has 4 rings (SSSR count). The number of carbonyl (C=O) groups excluding carboxylic acids is 1. The molecule has 29 heavy (non-hydrogen) atoms. The number of rotatable bonds is 5. The summed E-state index contributed by atoms with van der Waals surface area (Å²) in [6, 6.07) is 18.2. The zero-order valence-corrected chi connectivity index (χ0v) is 16.0. The summed E-state index contributed by atoms with van der Waals surface area (Å²) < 4.78 is 7.33. The van der Waals surface area contributed by atoms with Crippen LogP contribution < -0.4 is 10.1 Å². The Balaban J connectivity index is 1.41. The minimum atomic E-state index is -0.139. The number of anilines is 1. The van der Waals surface area contributed by atoms with Crippen molar-refractivity contribution in [2.75, 3.05) is 5.32 Å². The van der Waals surface area contributed by atoms with Gasteiger partial charge in [-0.25, -0.2) is 4.68 Å². The second-order valence-electron chi connectivity index (χ2n) is 6.58. The molecule has 0 aliphatic carbocycles. The summed E-state index contributed by atoms with van der Waals surface area (Å²) in [7, 11) is 0. The minimum Gasteiger partial charge on any atom is -0.438 e. The van der Waals surface area contributed by atoms with E-state index in [0.29, 0.717) is 28.7 Å². The van der Waals surface area contributed by atoms with Crippen LogP contribution in [-0.4, -0.2) is 25.9 Å². The molecule has 0 saturated carbocycles. The summed E-state index contributed by atoms with van der Waals surface area (Å²) in [5.74, 6) is 1.43. The number of hydrogen-bond donors (Lipinski definition) is 1. The van der Waals surface area contributed by atoms with E-state index in [1.165, 1.54) is 0 Å². The highest BCUT2D eigenvalue weighted by atomic mass is 16.5. The van der Waals surface area contributed by atoms with Crippen LogP contribution in [0.4, 0.5) is 5.69 Å². The first kappa shape index (κ1) is 18.4. The molecule has 4 aromatic rings. The van der Waals surface area contributed by atoms with E-state index in [1.54, 1.807) is 53.5 Å². The van der Waals surface area contributed by atoms with Crippen molar-refractivity contribution in [3.05, 3.63) is 89.7 Å². The fourth-order valence-corrected chi connectivity index (χ4v) is 2.80. The fourth-order valence-electron chi connectivity index (χ4n) is 2.80. The number of nitrogens with zero attached hydrogens (tertiary/aromatic N) is 4. The molecule has 0 bridgehead atoms. The van der Waals surface area contributed by atoms with E-state index >= 15 is 0 Å². The number of nitrogens with one attached hydrogen (secondary N) is 1. The highest BCUT2D eigenvalue weighted by Gasteiger charge is 2.10. The van der Waals surface area contributed by atoms with Gasteiger partial charge in [0.05, 0.1) is 0 Å². The van der Waals surface area contributed by atoms with Gasteiger partial charge in [-0.2, -0.15) is 5.10 Å². The zero-order valence-electron chi connectivity index (χ0n) is 16.0. The van der Waals surface area contributed by atoms with Crippen LogP contribution in [0.5, 0.6) is 11.6 Å².